The van der Waals surface area contributed by atoms with Crippen LogP contribution in [0.4, 0.5) is 0 Å². The molecule has 2 aromatic rings. The van der Waals surface area contributed by atoms with E-state index in [0.717, 1.165) is 24.0 Å². The summed E-state index contributed by atoms with van der Waals surface area (Å²) in [6.45, 7) is 7.37. The molecule has 0 aromatic heterocycles. The SMILES string of the molecule is CCC(CC)(NC(=O)C(C)C)C(=O)N[C@H](CCCN=C(N)N)C(=O)NC1(C(=O)NC(c2ccc(Cl)cc2)c2ccc(Cl)cc2)CCCC1. The number of nitrogens with one attached hydrogen (secondary N) is 4. The third-order valence-electron chi connectivity index (χ3n) is 9.03. The predicted molar refractivity (Wildman–Crippen MR) is 190 cm³/mol. The van der Waals surface area contributed by atoms with Crippen LogP contribution >= 0.6 is 23.2 Å². The summed E-state index contributed by atoms with van der Waals surface area (Å²) in [5.74, 6) is -1.99. The van der Waals surface area contributed by atoms with Crippen molar-refractivity contribution in [3.05, 3.63) is 69.7 Å². The molecule has 4 amide bonds. The Balaban J connectivity index is 1.91. The molecule has 0 spiro atoms. The van der Waals surface area contributed by atoms with Crippen LogP contribution in [0, 0.1) is 5.92 Å². The minimum absolute atomic E-state index is 0.0788. The molecule has 3 rings (SSSR count). The van der Waals surface area contributed by atoms with Gasteiger partial charge in [0.05, 0.1) is 6.04 Å². The zero-order valence-electron chi connectivity index (χ0n) is 28.2. The fraction of sp³-hybridized carbons (Fsp3) is 0.514. The number of benzene rings is 2. The highest BCUT2D eigenvalue weighted by Crippen LogP contribution is 2.33. The fourth-order valence-corrected chi connectivity index (χ4v) is 6.15. The van der Waals surface area contributed by atoms with Crippen LogP contribution in [0.1, 0.15) is 96.2 Å². The summed E-state index contributed by atoms with van der Waals surface area (Å²) in [4.78, 5) is 58.9. The first-order valence-electron chi connectivity index (χ1n) is 16.6. The summed E-state index contributed by atoms with van der Waals surface area (Å²) in [7, 11) is 0. The number of halogens is 2. The Labute approximate surface area is 293 Å². The van der Waals surface area contributed by atoms with E-state index in [9.17, 15) is 19.2 Å². The molecular weight excluding hydrogens is 653 g/mol. The highest BCUT2D eigenvalue weighted by Gasteiger charge is 2.45. The van der Waals surface area contributed by atoms with E-state index in [-0.39, 0.29) is 36.7 Å². The van der Waals surface area contributed by atoms with Gasteiger partial charge in [0.25, 0.3) is 0 Å². The third-order valence-corrected chi connectivity index (χ3v) is 9.54. The summed E-state index contributed by atoms with van der Waals surface area (Å²) in [6.07, 6.45) is 3.53. The summed E-state index contributed by atoms with van der Waals surface area (Å²) >= 11 is 12.3. The van der Waals surface area contributed by atoms with Crippen LogP contribution in [0.5, 0.6) is 0 Å². The average Bonchev–Trinajstić information content (AvgIpc) is 3.54. The molecule has 0 bridgehead atoms. The minimum atomic E-state index is -1.22. The lowest BCUT2D eigenvalue weighted by Gasteiger charge is -2.36. The largest absolute Gasteiger partial charge is 0.370 e. The van der Waals surface area contributed by atoms with Gasteiger partial charge in [-0.05, 0) is 73.9 Å². The molecular formula is C35H49Cl2N7O4. The number of rotatable bonds is 16. The Morgan fingerprint density at radius 3 is 1.83 bits per heavy atom. The van der Waals surface area contributed by atoms with Crippen LogP contribution < -0.4 is 32.7 Å². The lowest BCUT2D eigenvalue weighted by molar-refractivity contribution is -0.139. The number of hydrogen-bond donors (Lipinski definition) is 6. The second-order valence-electron chi connectivity index (χ2n) is 12.7. The van der Waals surface area contributed by atoms with Crippen molar-refractivity contribution in [3.8, 4) is 0 Å². The number of guanidine groups is 1. The van der Waals surface area contributed by atoms with Crippen molar-refractivity contribution in [3.63, 3.8) is 0 Å². The standard InChI is InChI=1S/C35H49Cl2N7O4/c1-5-34(6-2,43-29(45)22(3)4)31(47)41-27(10-9-21-40-33(38)39)30(46)44-35(19-7-8-20-35)32(48)42-28(23-11-15-25(36)16-12-23)24-13-17-26(37)18-14-24/h11-18,22,27-28H,5-10,19-21H2,1-4H3,(H,41,47)(H,42,48)(H,43,45)(H,44,46)(H4,38,39,40)/t27-/m1/s1. The Bertz CT molecular complexity index is 1390. The summed E-state index contributed by atoms with van der Waals surface area (Å²) < 4.78 is 0. The van der Waals surface area contributed by atoms with Crippen molar-refractivity contribution in [2.45, 2.75) is 102 Å². The number of amides is 4. The van der Waals surface area contributed by atoms with Crippen molar-refractivity contribution in [2.75, 3.05) is 6.54 Å². The van der Waals surface area contributed by atoms with Gasteiger partial charge in [0.15, 0.2) is 5.96 Å². The first-order chi connectivity index (χ1) is 22.8. The van der Waals surface area contributed by atoms with Gasteiger partial charge in [0.1, 0.15) is 17.1 Å². The molecule has 1 aliphatic carbocycles. The van der Waals surface area contributed by atoms with E-state index < -0.39 is 35.0 Å². The van der Waals surface area contributed by atoms with Crippen molar-refractivity contribution in [1.29, 1.82) is 0 Å². The van der Waals surface area contributed by atoms with E-state index >= 15 is 0 Å². The van der Waals surface area contributed by atoms with E-state index in [1.807, 2.05) is 38.1 Å². The van der Waals surface area contributed by atoms with Gasteiger partial charge in [-0.15, -0.1) is 0 Å². The van der Waals surface area contributed by atoms with Crippen LogP contribution in [0.2, 0.25) is 10.0 Å². The normalized spacial score (nSPS) is 14.7. The molecule has 1 atom stereocenters. The van der Waals surface area contributed by atoms with Gasteiger partial charge in [-0.1, -0.05) is 88.0 Å². The van der Waals surface area contributed by atoms with E-state index in [4.69, 9.17) is 34.7 Å². The molecule has 1 saturated carbocycles. The summed E-state index contributed by atoms with van der Waals surface area (Å²) in [6, 6.07) is 12.8. The maximum absolute atomic E-state index is 14.3. The molecule has 11 nitrogen and oxygen atoms in total. The van der Waals surface area contributed by atoms with Crippen molar-refractivity contribution in [1.82, 2.24) is 21.3 Å². The van der Waals surface area contributed by atoms with Gasteiger partial charge < -0.3 is 32.7 Å². The maximum atomic E-state index is 14.3. The van der Waals surface area contributed by atoms with Crippen LogP contribution in [0.3, 0.4) is 0 Å². The second-order valence-corrected chi connectivity index (χ2v) is 13.6. The minimum Gasteiger partial charge on any atom is -0.370 e. The zero-order chi connectivity index (χ0) is 35.5. The molecule has 48 heavy (non-hydrogen) atoms. The topological polar surface area (TPSA) is 181 Å². The molecule has 0 aliphatic heterocycles. The molecule has 1 fully saturated rings. The molecule has 13 heteroatoms. The van der Waals surface area contributed by atoms with Gasteiger partial charge in [-0.3, -0.25) is 24.2 Å². The number of aliphatic imine (C=N–C) groups is 1. The van der Waals surface area contributed by atoms with E-state index in [2.05, 4.69) is 26.3 Å². The molecule has 1 aliphatic rings. The average molecular weight is 703 g/mol. The van der Waals surface area contributed by atoms with Gasteiger partial charge in [0, 0.05) is 22.5 Å². The lowest BCUT2D eigenvalue weighted by Crippen LogP contribution is -2.64. The van der Waals surface area contributed by atoms with Crippen LogP contribution in [0.25, 0.3) is 0 Å². The molecule has 0 radical (unpaired) electrons. The van der Waals surface area contributed by atoms with Crippen LogP contribution in [0.15, 0.2) is 53.5 Å². The lowest BCUT2D eigenvalue weighted by atomic mass is 9.89. The first kappa shape index (κ1) is 38.6. The predicted octanol–water partition coefficient (Wildman–Crippen LogP) is 4.50. The Kier molecular flexibility index (Phi) is 14.1. The highest BCUT2D eigenvalue weighted by atomic mass is 35.5. The zero-order valence-corrected chi connectivity index (χ0v) is 29.7. The Hall–Kier alpha value is -3.83. The van der Waals surface area contributed by atoms with Crippen LogP contribution in [-0.4, -0.2) is 53.3 Å². The Morgan fingerprint density at radius 1 is 0.854 bits per heavy atom. The van der Waals surface area contributed by atoms with Crippen molar-refractivity contribution >= 4 is 52.8 Å². The van der Waals surface area contributed by atoms with Gasteiger partial charge in [-0.2, -0.15) is 0 Å². The van der Waals surface area contributed by atoms with Crippen molar-refractivity contribution < 1.29 is 19.2 Å². The van der Waals surface area contributed by atoms with Gasteiger partial charge in [-0.25, -0.2) is 0 Å². The number of carbonyl (C=O) groups is 4. The number of hydrogen-bond acceptors (Lipinski definition) is 5. The molecule has 2 aromatic carbocycles. The molecule has 8 N–H and O–H groups in total. The first-order valence-corrected chi connectivity index (χ1v) is 17.3. The monoisotopic (exact) mass is 701 g/mol. The smallest absolute Gasteiger partial charge is 0.246 e. The van der Waals surface area contributed by atoms with Crippen molar-refractivity contribution in [2.24, 2.45) is 22.4 Å². The summed E-state index contributed by atoms with van der Waals surface area (Å²) in [5.41, 5.74) is 10.2. The highest BCUT2D eigenvalue weighted by molar-refractivity contribution is 6.30. The quantitative estimate of drug-likeness (QED) is 0.0852. The summed E-state index contributed by atoms with van der Waals surface area (Å²) in [5, 5.41) is 13.1. The van der Waals surface area contributed by atoms with Gasteiger partial charge in [0.2, 0.25) is 23.6 Å². The van der Waals surface area contributed by atoms with Gasteiger partial charge >= 0.3 is 0 Å². The fourth-order valence-electron chi connectivity index (χ4n) is 5.90. The second kappa shape index (κ2) is 17.5. The number of nitrogens with two attached hydrogens (primary N) is 2. The molecule has 0 heterocycles. The van der Waals surface area contributed by atoms with Crippen LogP contribution in [-0.2, 0) is 19.2 Å². The Morgan fingerprint density at radius 2 is 1.38 bits per heavy atom. The third kappa shape index (κ3) is 10.1. The molecule has 0 saturated heterocycles. The van der Waals surface area contributed by atoms with E-state index in [0.29, 0.717) is 42.1 Å². The number of nitrogens with zero attached hydrogens (tertiary/aromatic N) is 1. The maximum Gasteiger partial charge on any atom is 0.246 e. The molecule has 0 unspecified atom stereocenters. The van der Waals surface area contributed by atoms with E-state index in [1.165, 1.54) is 0 Å². The van der Waals surface area contributed by atoms with E-state index in [1.54, 1.807) is 38.1 Å². The number of carbonyl (C=O) groups excluding carboxylic acids is 4. The molecule has 262 valence electrons.